The number of hydrogen-bond donors (Lipinski definition) is 0. The minimum Gasteiger partial charge on any atom is -0.381 e. The van der Waals surface area contributed by atoms with E-state index in [0.29, 0.717) is 5.41 Å². The van der Waals surface area contributed by atoms with Gasteiger partial charge in [-0.15, -0.1) is 0 Å². The number of likely N-dealkylation sites (tertiary alicyclic amines) is 1. The highest BCUT2D eigenvalue weighted by Crippen LogP contribution is 2.41. The minimum absolute atomic E-state index is 0.651. The molecule has 0 radical (unpaired) electrons. The van der Waals surface area contributed by atoms with Crippen molar-refractivity contribution in [1.29, 1.82) is 0 Å². The number of hydrogen-bond acceptors (Lipinski definition) is 3. The summed E-state index contributed by atoms with van der Waals surface area (Å²) in [7, 11) is 0. The Morgan fingerprint density at radius 1 is 0.818 bits per heavy atom. The second-order valence-electron chi connectivity index (χ2n) is 8.41. The predicted octanol–water partition coefficient (Wildman–Crippen LogP) is 3.14. The van der Waals surface area contributed by atoms with Gasteiger partial charge in [-0.05, 0) is 88.9 Å². The Morgan fingerprint density at radius 3 is 2.41 bits per heavy atom. The van der Waals surface area contributed by atoms with E-state index in [0.717, 1.165) is 25.2 Å². The van der Waals surface area contributed by atoms with Crippen LogP contribution < -0.4 is 0 Å². The lowest BCUT2D eigenvalue weighted by molar-refractivity contribution is -0.0293. The fourth-order valence-electron chi connectivity index (χ4n) is 5.64. The molecule has 0 N–H and O–H groups in total. The molecular formula is C19H34N2O. The Balaban J connectivity index is 1.30. The van der Waals surface area contributed by atoms with E-state index in [1.54, 1.807) is 0 Å². The van der Waals surface area contributed by atoms with Crippen LogP contribution >= 0.6 is 0 Å². The maximum absolute atomic E-state index is 5.59. The highest BCUT2D eigenvalue weighted by atomic mass is 16.5. The van der Waals surface area contributed by atoms with Crippen molar-refractivity contribution in [1.82, 2.24) is 9.80 Å². The van der Waals surface area contributed by atoms with Gasteiger partial charge in [-0.25, -0.2) is 0 Å². The summed E-state index contributed by atoms with van der Waals surface area (Å²) in [6.45, 7) is 8.87. The first-order valence-corrected chi connectivity index (χ1v) is 9.89. The first-order chi connectivity index (χ1) is 10.8. The monoisotopic (exact) mass is 306 g/mol. The van der Waals surface area contributed by atoms with E-state index in [1.165, 1.54) is 90.5 Å². The summed E-state index contributed by atoms with van der Waals surface area (Å²) in [5.41, 5.74) is 0.651. The predicted molar refractivity (Wildman–Crippen MR) is 90.1 cm³/mol. The molecule has 4 aliphatic heterocycles. The van der Waals surface area contributed by atoms with Crippen LogP contribution in [0, 0.1) is 11.3 Å². The fourth-order valence-corrected chi connectivity index (χ4v) is 5.64. The van der Waals surface area contributed by atoms with Crippen LogP contribution in [0.5, 0.6) is 0 Å². The molecule has 1 spiro atoms. The van der Waals surface area contributed by atoms with Crippen LogP contribution in [-0.4, -0.2) is 61.8 Å². The topological polar surface area (TPSA) is 15.7 Å². The molecule has 0 bridgehead atoms. The lowest BCUT2D eigenvalue weighted by atomic mass is 9.72. The van der Waals surface area contributed by atoms with Crippen molar-refractivity contribution < 1.29 is 4.74 Å². The zero-order chi connectivity index (χ0) is 14.8. The molecule has 4 rings (SSSR count). The molecule has 0 aromatic carbocycles. The lowest BCUT2D eigenvalue weighted by Gasteiger charge is -2.48. The second kappa shape index (κ2) is 6.78. The first-order valence-electron chi connectivity index (χ1n) is 9.89. The Hall–Kier alpha value is -0.120. The quantitative estimate of drug-likeness (QED) is 0.779. The third kappa shape index (κ3) is 3.22. The normalized spacial score (nSPS) is 37.1. The van der Waals surface area contributed by atoms with Gasteiger partial charge in [0.25, 0.3) is 0 Å². The maximum atomic E-state index is 5.59. The highest BCUT2D eigenvalue weighted by Gasteiger charge is 2.38. The third-order valence-electron chi connectivity index (χ3n) is 7.19. The molecule has 0 amide bonds. The van der Waals surface area contributed by atoms with Crippen molar-refractivity contribution in [2.24, 2.45) is 11.3 Å². The van der Waals surface area contributed by atoms with Gasteiger partial charge in [-0.3, -0.25) is 0 Å². The molecule has 4 fully saturated rings. The summed E-state index contributed by atoms with van der Waals surface area (Å²) in [6.07, 6.45) is 12.8. The van der Waals surface area contributed by atoms with Crippen molar-refractivity contribution in [3.63, 3.8) is 0 Å². The number of nitrogens with zero attached hydrogens (tertiary/aromatic N) is 2. The Bertz CT molecular complexity index is 354. The minimum atomic E-state index is 0.651. The van der Waals surface area contributed by atoms with Crippen molar-refractivity contribution in [3.05, 3.63) is 0 Å². The molecule has 0 saturated carbocycles. The van der Waals surface area contributed by atoms with Gasteiger partial charge >= 0.3 is 0 Å². The molecule has 4 heterocycles. The van der Waals surface area contributed by atoms with E-state index in [-0.39, 0.29) is 0 Å². The molecule has 0 unspecified atom stereocenters. The first kappa shape index (κ1) is 15.4. The van der Waals surface area contributed by atoms with E-state index in [4.69, 9.17) is 4.74 Å². The Kier molecular flexibility index (Phi) is 4.75. The summed E-state index contributed by atoms with van der Waals surface area (Å²) in [4.78, 5) is 5.63. The van der Waals surface area contributed by atoms with Crippen LogP contribution in [0.4, 0.5) is 0 Å². The van der Waals surface area contributed by atoms with E-state index in [2.05, 4.69) is 9.80 Å². The van der Waals surface area contributed by atoms with Crippen LogP contribution in [0.15, 0.2) is 0 Å². The largest absolute Gasteiger partial charge is 0.381 e. The van der Waals surface area contributed by atoms with E-state index < -0.39 is 0 Å². The lowest BCUT2D eigenvalue weighted by Crippen LogP contribution is -2.52. The molecule has 0 aliphatic carbocycles. The van der Waals surface area contributed by atoms with Gasteiger partial charge in [0.2, 0.25) is 0 Å². The van der Waals surface area contributed by atoms with Gasteiger partial charge < -0.3 is 14.5 Å². The molecule has 4 saturated heterocycles. The van der Waals surface area contributed by atoms with Crippen molar-refractivity contribution >= 4 is 0 Å². The molecule has 3 nitrogen and oxygen atoms in total. The number of piperidine rings is 3. The summed E-state index contributed by atoms with van der Waals surface area (Å²) >= 11 is 0. The highest BCUT2D eigenvalue weighted by molar-refractivity contribution is 4.92. The van der Waals surface area contributed by atoms with Gasteiger partial charge in [0.1, 0.15) is 0 Å². The molecule has 3 heteroatoms. The van der Waals surface area contributed by atoms with Crippen molar-refractivity contribution in [2.75, 3.05) is 45.9 Å². The van der Waals surface area contributed by atoms with Gasteiger partial charge in [-0.2, -0.15) is 0 Å². The van der Waals surface area contributed by atoms with Crippen LogP contribution in [0.25, 0.3) is 0 Å². The van der Waals surface area contributed by atoms with Crippen LogP contribution in [-0.2, 0) is 4.74 Å². The van der Waals surface area contributed by atoms with Crippen LogP contribution in [0.2, 0.25) is 0 Å². The summed E-state index contributed by atoms with van der Waals surface area (Å²) in [5, 5.41) is 0. The fraction of sp³-hybridized carbons (Fsp3) is 1.00. The van der Waals surface area contributed by atoms with E-state index >= 15 is 0 Å². The van der Waals surface area contributed by atoms with Crippen molar-refractivity contribution in [3.8, 4) is 0 Å². The SMILES string of the molecule is C1CCN2CCC[C@@H](CN3CCC4(CCOCC4)CC3)[C@H]2C1. The standard InChI is InChI=1S/C19H34N2O/c1-2-10-21-11-3-4-17(18(21)5-1)16-20-12-6-19(7-13-20)8-14-22-15-9-19/h17-18H,1-16H2/t17-,18+/m0/s1. The van der Waals surface area contributed by atoms with Gasteiger partial charge in [0, 0.05) is 25.8 Å². The molecule has 0 aromatic rings. The number of ether oxygens (including phenoxy) is 1. The van der Waals surface area contributed by atoms with Crippen LogP contribution in [0.3, 0.4) is 0 Å². The Morgan fingerprint density at radius 2 is 1.59 bits per heavy atom. The summed E-state index contributed by atoms with van der Waals surface area (Å²) in [5.74, 6) is 0.956. The second-order valence-corrected chi connectivity index (χ2v) is 8.41. The van der Waals surface area contributed by atoms with Crippen molar-refractivity contribution in [2.45, 2.75) is 63.8 Å². The smallest absolute Gasteiger partial charge is 0.0471 e. The zero-order valence-corrected chi connectivity index (χ0v) is 14.3. The zero-order valence-electron chi connectivity index (χ0n) is 14.3. The van der Waals surface area contributed by atoms with Gasteiger partial charge in [0.15, 0.2) is 0 Å². The third-order valence-corrected chi connectivity index (χ3v) is 7.19. The Labute approximate surface area is 136 Å². The molecule has 0 aromatic heterocycles. The van der Waals surface area contributed by atoms with Gasteiger partial charge in [-0.1, -0.05) is 6.42 Å². The summed E-state index contributed by atoms with van der Waals surface area (Å²) < 4.78 is 5.59. The van der Waals surface area contributed by atoms with Gasteiger partial charge in [0.05, 0.1) is 0 Å². The van der Waals surface area contributed by atoms with Crippen LogP contribution in [0.1, 0.15) is 57.8 Å². The molecular weight excluding hydrogens is 272 g/mol. The van der Waals surface area contributed by atoms with E-state index in [9.17, 15) is 0 Å². The molecule has 2 atom stereocenters. The number of fused-ring (bicyclic) bond motifs is 1. The molecule has 22 heavy (non-hydrogen) atoms. The average Bonchev–Trinajstić information content (AvgIpc) is 2.58. The number of rotatable bonds is 2. The average molecular weight is 306 g/mol. The summed E-state index contributed by atoms with van der Waals surface area (Å²) in [6, 6.07) is 0.918. The maximum Gasteiger partial charge on any atom is 0.0471 e. The molecule has 126 valence electrons. The van der Waals surface area contributed by atoms with E-state index in [1.807, 2.05) is 0 Å². The molecule has 4 aliphatic rings.